The zero-order valence-electron chi connectivity index (χ0n) is 11.8. The fourth-order valence-electron chi connectivity index (χ4n) is 1.99. The molecule has 0 amide bonds. The summed E-state index contributed by atoms with van der Waals surface area (Å²) in [7, 11) is 0. The van der Waals surface area contributed by atoms with E-state index in [1.807, 2.05) is 20.8 Å². The zero-order chi connectivity index (χ0) is 15.7. The Hall–Kier alpha value is -0.780. The first-order valence-corrected chi connectivity index (χ1v) is 6.62. The lowest BCUT2D eigenvalue weighted by molar-refractivity contribution is -0.137. The standard InChI is InChI=1S/C14H19ClF3NO/c1-8(19-13(2,3)4)12(20)9-5-6-11(15)10(7-9)14(16,17)18/h5-8,12,19-20H,1-4H3/t8-,12+/m1/s1. The van der Waals surface area contributed by atoms with Gasteiger partial charge in [-0.15, -0.1) is 0 Å². The molecule has 0 radical (unpaired) electrons. The summed E-state index contributed by atoms with van der Waals surface area (Å²) in [5, 5.41) is 12.9. The molecule has 0 saturated heterocycles. The number of rotatable bonds is 3. The van der Waals surface area contributed by atoms with E-state index in [1.165, 1.54) is 6.07 Å². The van der Waals surface area contributed by atoms with Gasteiger partial charge in [-0.2, -0.15) is 13.2 Å². The van der Waals surface area contributed by atoms with Crippen LogP contribution in [-0.4, -0.2) is 16.7 Å². The van der Waals surface area contributed by atoms with Crippen molar-refractivity contribution in [1.29, 1.82) is 0 Å². The Morgan fingerprint density at radius 1 is 1.20 bits per heavy atom. The molecule has 20 heavy (non-hydrogen) atoms. The van der Waals surface area contributed by atoms with Gasteiger partial charge in [0, 0.05) is 11.6 Å². The van der Waals surface area contributed by atoms with Crippen molar-refractivity contribution in [2.24, 2.45) is 0 Å². The molecule has 0 saturated carbocycles. The van der Waals surface area contributed by atoms with E-state index in [-0.39, 0.29) is 16.1 Å². The van der Waals surface area contributed by atoms with Gasteiger partial charge in [-0.3, -0.25) is 0 Å². The van der Waals surface area contributed by atoms with Crippen LogP contribution in [0, 0.1) is 0 Å². The maximum atomic E-state index is 12.8. The van der Waals surface area contributed by atoms with Gasteiger partial charge < -0.3 is 10.4 Å². The number of halogens is 4. The van der Waals surface area contributed by atoms with Gasteiger partial charge in [-0.05, 0) is 45.4 Å². The average Bonchev–Trinajstić information content (AvgIpc) is 2.24. The summed E-state index contributed by atoms with van der Waals surface area (Å²) >= 11 is 5.55. The van der Waals surface area contributed by atoms with Crippen molar-refractivity contribution in [2.75, 3.05) is 0 Å². The van der Waals surface area contributed by atoms with Crippen LogP contribution in [0.4, 0.5) is 13.2 Å². The molecule has 0 bridgehead atoms. The number of hydrogen-bond donors (Lipinski definition) is 2. The molecule has 0 aliphatic heterocycles. The highest BCUT2D eigenvalue weighted by molar-refractivity contribution is 6.31. The molecule has 0 aliphatic rings. The van der Waals surface area contributed by atoms with Crippen LogP contribution < -0.4 is 5.32 Å². The lowest BCUT2D eigenvalue weighted by atomic mass is 9.98. The molecule has 2 N–H and O–H groups in total. The predicted octanol–water partition coefficient (Wildman–Crippen LogP) is 4.17. The summed E-state index contributed by atoms with van der Waals surface area (Å²) in [4.78, 5) is 0. The van der Waals surface area contributed by atoms with Crippen molar-refractivity contribution < 1.29 is 18.3 Å². The van der Waals surface area contributed by atoms with E-state index < -0.39 is 23.9 Å². The van der Waals surface area contributed by atoms with E-state index in [0.717, 1.165) is 12.1 Å². The third-order valence-corrected chi connectivity index (χ3v) is 3.10. The highest BCUT2D eigenvalue weighted by Gasteiger charge is 2.34. The fraction of sp³-hybridized carbons (Fsp3) is 0.571. The van der Waals surface area contributed by atoms with Gasteiger partial charge in [0.25, 0.3) is 0 Å². The van der Waals surface area contributed by atoms with Gasteiger partial charge in [0.1, 0.15) is 0 Å². The Bertz CT molecular complexity index is 468. The van der Waals surface area contributed by atoms with Crippen LogP contribution >= 0.6 is 11.6 Å². The quantitative estimate of drug-likeness (QED) is 0.878. The van der Waals surface area contributed by atoms with E-state index in [4.69, 9.17) is 11.6 Å². The van der Waals surface area contributed by atoms with Gasteiger partial charge in [0.15, 0.2) is 0 Å². The van der Waals surface area contributed by atoms with Crippen LogP contribution in [0.15, 0.2) is 18.2 Å². The van der Waals surface area contributed by atoms with Gasteiger partial charge >= 0.3 is 6.18 Å². The van der Waals surface area contributed by atoms with Crippen molar-refractivity contribution in [1.82, 2.24) is 5.32 Å². The Balaban J connectivity index is 3.03. The highest BCUT2D eigenvalue weighted by atomic mass is 35.5. The average molecular weight is 310 g/mol. The molecule has 0 heterocycles. The van der Waals surface area contributed by atoms with Crippen molar-refractivity contribution in [3.05, 3.63) is 34.3 Å². The van der Waals surface area contributed by atoms with E-state index in [9.17, 15) is 18.3 Å². The minimum Gasteiger partial charge on any atom is -0.387 e. The second-order valence-electron chi connectivity index (χ2n) is 5.86. The normalized spacial score (nSPS) is 16.1. The first-order chi connectivity index (χ1) is 8.92. The van der Waals surface area contributed by atoms with Crippen molar-refractivity contribution in [2.45, 2.75) is 51.6 Å². The summed E-state index contributed by atoms with van der Waals surface area (Å²) in [6, 6.07) is 3.07. The minimum absolute atomic E-state index is 0.186. The van der Waals surface area contributed by atoms with Crippen molar-refractivity contribution in [3.63, 3.8) is 0 Å². The van der Waals surface area contributed by atoms with Crippen LogP contribution in [0.25, 0.3) is 0 Å². The number of aliphatic hydroxyl groups is 1. The summed E-state index contributed by atoms with van der Waals surface area (Å²) in [5.74, 6) is 0. The second-order valence-corrected chi connectivity index (χ2v) is 6.27. The second kappa shape index (κ2) is 5.92. The monoisotopic (exact) mass is 309 g/mol. The van der Waals surface area contributed by atoms with Crippen LogP contribution in [0.5, 0.6) is 0 Å². The summed E-state index contributed by atoms with van der Waals surface area (Å²) in [6.07, 6.45) is -5.58. The zero-order valence-corrected chi connectivity index (χ0v) is 12.6. The first kappa shape index (κ1) is 17.3. The lowest BCUT2D eigenvalue weighted by Gasteiger charge is -2.29. The van der Waals surface area contributed by atoms with E-state index >= 15 is 0 Å². The van der Waals surface area contributed by atoms with Crippen molar-refractivity contribution in [3.8, 4) is 0 Å². The molecule has 1 rings (SSSR count). The molecule has 1 aromatic carbocycles. The molecule has 0 spiro atoms. The minimum atomic E-state index is -4.53. The maximum Gasteiger partial charge on any atom is 0.417 e. The molecule has 2 nitrogen and oxygen atoms in total. The van der Waals surface area contributed by atoms with Crippen molar-refractivity contribution >= 4 is 11.6 Å². The molecule has 6 heteroatoms. The molecular formula is C14H19ClF3NO. The van der Waals surface area contributed by atoms with Crippen LogP contribution in [0.1, 0.15) is 44.9 Å². The lowest BCUT2D eigenvalue weighted by Crippen LogP contribution is -2.45. The van der Waals surface area contributed by atoms with E-state index in [0.29, 0.717) is 0 Å². The number of aliphatic hydroxyl groups excluding tert-OH is 1. The topological polar surface area (TPSA) is 32.3 Å². The van der Waals surface area contributed by atoms with Crippen LogP contribution in [0.3, 0.4) is 0 Å². The molecule has 0 unspecified atom stereocenters. The first-order valence-electron chi connectivity index (χ1n) is 6.24. The third kappa shape index (κ3) is 4.65. The Kier molecular flexibility index (Phi) is 5.11. The summed E-state index contributed by atoms with van der Waals surface area (Å²) in [5.41, 5.74) is -0.996. The van der Waals surface area contributed by atoms with E-state index in [1.54, 1.807) is 6.92 Å². The number of alkyl halides is 3. The van der Waals surface area contributed by atoms with Gasteiger partial charge in [0.2, 0.25) is 0 Å². The maximum absolute atomic E-state index is 12.8. The van der Waals surface area contributed by atoms with Gasteiger partial charge in [0.05, 0.1) is 16.7 Å². The highest BCUT2D eigenvalue weighted by Crippen LogP contribution is 2.36. The number of hydrogen-bond acceptors (Lipinski definition) is 2. The molecular weight excluding hydrogens is 291 g/mol. The Morgan fingerprint density at radius 2 is 1.75 bits per heavy atom. The predicted molar refractivity (Wildman–Crippen MR) is 73.8 cm³/mol. The molecule has 2 atom stereocenters. The Morgan fingerprint density at radius 3 is 2.20 bits per heavy atom. The third-order valence-electron chi connectivity index (χ3n) is 2.77. The molecule has 0 aromatic heterocycles. The molecule has 0 fully saturated rings. The molecule has 114 valence electrons. The largest absolute Gasteiger partial charge is 0.417 e. The van der Waals surface area contributed by atoms with Crippen LogP contribution in [0.2, 0.25) is 5.02 Å². The number of nitrogens with one attached hydrogen (secondary N) is 1. The number of benzene rings is 1. The molecule has 1 aromatic rings. The van der Waals surface area contributed by atoms with E-state index in [2.05, 4.69) is 5.32 Å². The molecule has 0 aliphatic carbocycles. The smallest absolute Gasteiger partial charge is 0.387 e. The fourth-order valence-corrected chi connectivity index (χ4v) is 2.22. The van der Waals surface area contributed by atoms with Crippen LogP contribution in [-0.2, 0) is 6.18 Å². The Labute approximate surface area is 121 Å². The van der Waals surface area contributed by atoms with Gasteiger partial charge in [-0.1, -0.05) is 17.7 Å². The summed E-state index contributed by atoms with van der Waals surface area (Å²) < 4.78 is 38.3. The summed E-state index contributed by atoms with van der Waals surface area (Å²) in [6.45, 7) is 7.47. The van der Waals surface area contributed by atoms with Gasteiger partial charge in [-0.25, -0.2) is 0 Å². The SMILES string of the molecule is C[C@@H](NC(C)(C)C)[C@H](O)c1ccc(Cl)c(C(F)(F)F)c1.